The number of rotatable bonds is 34. The second kappa shape index (κ2) is 34.4. The van der Waals surface area contributed by atoms with E-state index in [0.717, 1.165) is 44.9 Å². The Balaban J connectivity index is 2.50. The van der Waals surface area contributed by atoms with Crippen LogP contribution in [0.2, 0.25) is 0 Å². The monoisotopic (exact) mass is 764 g/mol. The summed E-state index contributed by atoms with van der Waals surface area (Å²) in [6.07, 6.45) is 34.8. The molecule has 54 heavy (non-hydrogen) atoms. The maximum absolute atomic E-state index is 13.0. The van der Waals surface area contributed by atoms with Crippen molar-refractivity contribution in [2.75, 3.05) is 13.2 Å². The first-order chi connectivity index (χ1) is 26.3. The zero-order valence-corrected chi connectivity index (χ0v) is 34.4. The zero-order valence-electron chi connectivity index (χ0n) is 34.4. The second-order valence-electron chi connectivity index (χ2n) is 15.3. The van der Waals surface area contributed by atoms with Crippen molar-refractivity contribution in [3.8, 4) is 0 Å². The molecule has 0 aromatic heterocycles. The average molecular weight is 764 g/mol. The molecule has 8 atom stereocenters. The SMILES string of the molecule is CCCCCC=CCC=CCC=CCC=CCCCC(=O)N[C@@H](COC1OC(CO)C(O)C(O)C1O)[C@H](C)[C@H](O)CCCCCCCCCCCCCC. The van der Waals surface area contributed by atoms with Crippen LogP contribution < -0.4 is 5.32 Å². The van der Waals surface area contributed by atoms with Gasteiger partial charge in [-0.1, -0.05) is 159 Å². The summed E-state index contributed by atoms with van der Waals surface area (Å²) in [5.74, 6) is -0.502. The number of nitrogens with one attached hydrogen (secondary N) is 1. The van der Waals surface area contributed by atoms with Gasteiger partial charge in [0.15, 0.2) is 6.29 Å². The van der Waals surface area contributed by atoms with Crippen LogP contribution in [0.5, 0.6) is 0 Å². The number of ether oxygens (including phenoxy) is 2. The predicted molar refractivity (Wildman–Crippen MR) is 221 cm³/mol. The van der Waals surface area contributed by atoms with E-state index >= 15 is 0 Å². The molecule has 0 aliphatic carbocycles. The minimum absolute atomic E-state index is 0.0811. The molecule has 0 radical (unpaired) electrons. The van der Waals surface area contributed by atoms with Crippen LogP contribution >= 0.6 is 0 Å². The van der Waals surface area contributed by atoms with E-state index in [1.165, 1.54) is 83.5 Å². The van der Waals surface area contributed by atoms with Crippen molar-refractivity contribution in [1.29, 1.82) is 0 Å². The molecule has 0 saturated carbocycles. The number of amides is 1. The Bertz CT molecular complexity index is 998. The Morgan fingerprint density at radius 1 is 0.667 bits per heavy atom. The molecule has 1 rings (SSSR count). The Hall–Kier alpha value is -1.85. The van der Waals surface area contributed by atoms with Crippen molar-refractivity contribution in [2.45, 2.75) is 211 Å². The van der Waals surface area contributed by atoms with Crippen LogP contribution in [0.15, 0.2) is 48.6 Å². The van der Waals surface area contributed by atoms with Gasteiger partial charge in [0.2, 0.25) is 5.91 Å². The highest BCUT2D eigenvalue weighted by Gasteiger charge is 2.44. The molecule has 0 spiro atoms. The number of hydrogen-bond donors (Lipinski definition) is 6. The van der Waals surface area contributed by atoms with Gasteiger partial charge in [-0.3, -0.25) is 4.79 Å². The molecule has 0 aromatic carbocycles. The van der Waals surface area contributed by atoms with E-state index in [-0.39, 0.29) is 18.4 Å². The van der Waals surface area contributed by atoms with E-state index in [0.29, 0.717) is 19.3 Å². The van der Waals surface area contributed by atoms with Crippen molar-refractivity contribution in [3.05, 3.63) is 48.6 Å². The molecule has 6 N–H and O–H groups in total. The van der Waals surface area contributed by atoms with Gasteiger partial charge in [0.05, 0.1) is 25.4 Å². The first kappa shape index (κ1) is 50.2. The molecule has 1 aliphatic rings. The Kier molecular flexibility index (Phi) is 32.0. The Labute approximate surface area is 329 Å². The standard InChI is InChI=1S/C45H81NO8/c1-4-6-8-10-12-14-16-18-19-20-21-22-24-26-28-30-32-34-41(49)46-38(36-53-45-44(52)43(51)42(50)40(35-47)54-45)37(3)39(48)33-31-29-27-25-23-17-15-13-11-9-7-5-2/h12,14,18-19,21-22,26,28,37-40,42-45,47-48,50-52H,4-11,13,15-17,20,23-25,27,29-36H2,1-3H3,(H,46,49)/t37-,38-,39+,40?,42?,43?,44?,45?/m0/s1. The van der Waals surface area contributed by atoms with Gasteiger partial charge in [0.1, 0.15) is 24.4 Å². The number of unbranched alkanes of at least 4 members (excludes halogenated alkanes) is 15. The van der Waals surface area contributed by atoms with Crippen LogP contribution in [0.4, 0.5) is 0 Å². The Morgan fingerprint density at radius 3 is 1.69 bits per heavy atom. The van der Waals surface area contributed by atoms with Gasteiger partial charge in [-0.25, -0.2) is 0 Å². The van der Waals surface area contributed by atoms with E-state index in [1.54, 1.807) is 0 Å². The molecular formula is C45H81NO8. The van der Waals surface area contributed by atoms with Crippen LogP contribution in [0.3, 0.4) is 0 Å². The quantitative estimate of drug-likeness (QED) is 0.0282. The fraction of sp³-hybridized carbons (Fsp3) is 0.800. The lowest BCUT2D eigenvalue weighted by molar-refractivity contribution is -0.302. The molecular weight excluding hydrogens is 682 g/mol. The van der Waals surface area contributed by atoms with Gasteiger partial charge < -0.3 is 40.3 Å². The highest BCUT2D eigenvalue weighted by Crippen LogP contribution is 2.24. The number of carbonyl (C=O) groups excluding carboxylic acids is 1. The smallest absolute Gasteiger partial charge is 0.220 e. The van der Waals surface area contributed by atoms with Crippen LogP contribution in [0.1, 0.15) is 168 Å². The normalized spacial score (nSPS) is 22.6. The summed E-state index contributed by atoms with van der Waals surface area (Å²) in [6.45, 7) is 5.71. The third kappa shape index (κ3) is 24.6. The summed E-state index contributed by atoms with van der Waals surface area (Å²) in [5, 5.41) is 54.5. The van der Waals surface area contributed by atoms with E-state index < -0.39 is 49.5 Å². The van der Waals surface area contributed by atoms with E-state index in [4.69, 9.17) is 9.47 Å². The fourth-order valence-corrected chi connectivity index (χ4v) is 6.67. The maximum atomic E-state index is 13.0. The minimum Gasteiger partial charge on any atom is -0.394 e. The van der Waals surface area contributed by atoms with Crippen LogP contribution in [0.25, 0.3) is 0 Å². The summed E-state index contributed by atoms with van der Waals surface area (Å²) in [5.41, 5.74) is 0. The number of aliphatic hydroxyl groups is 5. The molecule has 9 nitrogen and oxygen atoms in total. The van der Waals surface area contributed by atoms with Crippen molar-refractivity contribution < 1.29 is 39.8 Å². The van der Waals surface area contributed by atoms with Gasteiger partial charge >= 0.3 is 0 Å². The third-order valence-electron chi connectivity index (χ3n) is 10.5. The van der Waals surface area contributed by atoms with Crippen LogP contribution in [0, 0.1) is 5.92 Å². The van der Waals surface area contributed by atoms with E-state index in [1.807, 2.05) is 6.92 Å². The molecule has 314 valence electrons. The zero-order chi connectivity index (χ0) is 39.7. The maximum Gasteiger partial charge on any atom is 0.220 e. The predicted octanol–water partition coefficient (Wildman–Crippen LogP) is 8.52. The summed E-state index contributed by atoms with van der Waals surface area (Å²) in [7, 11) is 0. The largest absolute Gasteiger partial charge is 0.394 e. The summed E-state index contributed by atoms with van der Waals surface area (Å²) in [4.78, 5) is 13.0. The number of hydrogen-bond acceptors (Lipinski definition) is 8. The lowest BCUT2D eigenvalue weighted by Gasteiger charge is -2.40. The topological polar surface area (TPSA) is 149 Å². The lowest BCUT2D eigenvalue weighted by atomic mass is 9.91. The van der Waals surface area contributed by atoms with Crippen LogP contribution in [-0.4, -0.2) is 87.5 Å². The number of carbonyl (C=O) groups is 1. The summed E-state index contributed by atoms with van der Waals surface area (Å²) < 4.78 is 11.3. The van der Waals surface area contributed by atoms with Gasteiger partial charge in [0.25, 0.3) is 0 Å². The Morgan fingerprint density at radius 2 is 1.15 bits per heavy atom. The molecule has 1 saturated heterocycles. The van der Waals surface area contributed by atoms with Gasteiger partial charge in [-0.15, -0.1) is 0 Å². The summed E-state index contributed by atoms with van der Waals surface area (Å²) >= 11 is 0. The van der Waals surface area contributed by atoms with Gasteiger partial charge in [0, 0.05) is 12.3 Å². The number of aliphatic hydroxyl groups excluding tert-OH is 5. The molecule has 0 aromatic rings. The molecule has 1 heterocycles. The van der Waals surface area contributed by atoms with Gasteiger partial charge in [-0.05, 0) is 51.4 Å². The summed E-state index contributed by atoms with van der Waals surface area (Å²) in [6, 6.07) is -0.575. The second-order valence-corrected chi connectivity index (χ2v) is 15.3. The van der Waals surface area contributed by atoms with Crippen molar-refractivity contribution in [3.63, 3.8) is 0 Å². The van der Waals surface area contributed by atoms with Crippen molar-refractivity contribution >= 4 is 5.91 Å². The van der Waals surface area contributed by atoms with E-state index in [9.17, 15) is 30.3 Å². The lowest BCUT2D eigenvalue weighted by Crippen LogP contribution is -2.60. The highest BCUT2D eigenvalue weighted by molar-refractivity contribution is 5.76. The molecule has 0 bridgehead atoms. The molecule has 1 aliphatic heterocycles. The third-order valence-corrected chi connectivity index (χ3v) is 10.5. The molecule has 9 heteroatoms. The highest BCUT2D eigenvalue weighted by atomic mass is 16.7. The molecule has 5 unspecified atom stereocenters. The van der Waals surface area contributed by atoms with Crippen LogP contribution in [-0.2, 0) is 14.3 Å². The first-order valence-corrected chi connectivity index (χ1v) is 21.8. The van der Waals surface area contributed by atoms with Gasteiger partial charge in [-0.2, -0.15) is 0 Å². The van der Waals surface area contributed by atoms with Crippen molar-refractivity contribution in [1.82, 2.24) is 5.32 Å². The fourth-order valence-electron chi connectivity index (χ4n) is 6.67. The number of allylic oxidation sites excluding steroid dienone is 8. The van der Waals surface area contributed by atoms with Crippen molar-refractivity contribution in [2.24, 2.45) is 5.92 Å². The molecule has 1 fully saturated rings. The molecule has 1 amide bonds. The first-order valence-electron chi connectivity index (χ1n) is 21.8. The average Bonchev–Trinajstić information content (AvgIpc) is 3.17. The minimum atomic E-state index is -1.56. The van der Waals surface area contributed by atoms with E-state index in [2.05, 4.69) is 67.8 Å².